The summed E-state index contributed by atoms with van der Waals surface area (Å²) in [5, 5.41) is 11.7. The van der Waals surface area contributed by atoms with Gasteiger partial charge in [0.1, 0.15) is 11.8 Å². The van der Waals surface area contributed by atoms with Crippen molar-refractivity contribution in [3.63, 3.8) is 0 Å². The predicted octanol–water partition coefficient (Wildman–Crippen LogP) is 2.61. The van der Waals surface area contributed by atoms with Crippen molar-refractivity contribution in [2.75, 3.05) is 6.61 Å². The Morgan fingerprint density at radius 3 is 2.94 bits per heavy atom. The lowest BCUT2D eigenvalue weighted by atomic mass is 10.2. The Kier molecular flexibility index (Phi) is 5.66. The molecule has 0 aliphatic carbocycles. The molecule has 4 nitrogen and oxygen atoms in total. The summed E-state index contributed by atoms with van der Waals surface area (Å²) in [6, 6.07) is 7.24. The average molecular weight is 311 g/mol. The van der Waals surface area contributed by atoms with Crippen LogP contribution in [0, 0.1) is 11.3 Å². The minimum absolute atomic E-state index is 0.0827. The van der Waals surface area contributed by atoms with Crippen molar-refractivity contribution >= 4 is 21.8 Å². The van der Waals surface area contributed by atoms with E-state index in [-0.39, 0.29) is 18.6 Å². The number of nitriles is 1. The Bertz CT molecular complexity index is 469. The largest absolute Gasteiger partial charge is 0.482 e. The van der Waals surface area contributed by atoms with Crippen LogP contribution in [0.25, 0.3) is 0 Å². The zero-order chi connectivity index (χ0) is 13.5. The van der Waals surface area contributed by atoms with Gasteiger partial charge in [-0.15, -0.1) is 0 Å². The van der Waals surface area contributed by atoms with Gasteiger partial charge in [0.25, 0.3) is 5.91 Å². The molecule has 0 spiro atoms. The minimum atomic E-state index is -0.184. The molecule has 1 N–H and O–H groups in total. The SMILES string of the molecule is CCC(C)NC(=O)COc1ccc(Br)cc1C#N. The molecule has 1 aromatic rings. The summed E-state index contributed by atoms with van der Waals surface area (Å²) in [4.78, 5) is 11.5. The highest BCUT2D eigenvalue weighted by atomic mass is 79.9. The van der Waals surface area contributed by atoms with E-state index < -0.39 is 0 Å². The van der Waals surface area contributed by atoms with Crippen LogP contribution in [0.15, 0.2) is 22.7 Å². The summed E-state index contributed by atoms with van der Waals surface area (Å²) < 4.78 is 6.14. The molecule has 0 aliphatic heterocycles. The standard InChI is InChI=1S/C13H15BrN2O2/c1-3-9(2)16-13(17)8-18-12-5-4-11(14)6-10(12)7-15/h4-6,9H,3,8H2,1-2H3,(H,16,17). The monoisotopic (exact) mass is 310 g/mol. The van der Waals surface area contributed by atoms with E-state index in [1.165, 1.54) is 0 Å². The van der Waals surface area contributed by atoms with E-state index in [0.29, 0.717) is 11.3 Å². The number of nitrogens with zero attached hydrogens (tertiary/aromatic N) is 1. The second-order valence-electron chi connectivity index (χ2n) is 3.92. The molecule has 96 valence electrons. The molecular formula is C13H15BrN2O2. The summed E-state index contributed by atoms with van der Waals surface area (Å²) in [6.07, 6.45) is 0.869. The van der Waals surface area contributed by atoms with Crippen molar-refractivity contribution in [1.82, 2.24) is 5.32 Å². The lowest BCUT2D eigenvalue weighted by Gasteiger charge is -2.12. The van der Waals surface area contributed by atoms with Crippen molar-refractivity contribution in [1.29, 1.82) is 5.26 Å². The summed E-state index contributed by atoms with van der Waals surface area (Å²) in [7, 11) is 0. The summed E-state index contributed by atoms with van der Waals surface area (Å²) >= 11 is 3.27. The van der Waals surface area contributed by atoms with Crippen LogP contribution in [0.4, 0.5) is 0 Å². The van der Waals surface area contributed by atoms with Crippen molar-refractivity contribution < 1.29 is 9.53 Å². The lowest BCUT2D eigenvalue weighted by molar-refractivity contribution is -0.123. The molecule has 18 heavy (non-hydrogen) atoms. The molecule has 1 unspecified atom stereocenters. The fourth-order valence-corrected chi connectivity index (χ4v) is 1.64. The van der Waals surface area contributed by atoms with E-state index >= 15 is 0 Å². The van der Waals surface area contributed by atoms with Crippen LogP contribution in [0.1, 0.15) is 25.8 Å². The molecule has 0 heterocycles. The maximum atomic E-state index is 11.5. The third kappa shape index (κ3) is 4.38. The highest BCUT2D eigenvalue weighted by Crippen LogP contribution is 2.22. The van der Waals surface area contributed by atoms with Crippen LogP contribution in [-0.2, 0) is 4.79 Å². The third-order valence-electron chi connectivity index (χ3n) is 2.44. The van der Waals surface area contributed by atoms with Crippen molar-refractivity contribution in [2.24, 2.45) is 0 Å². The number of carbonyl (C=O) groups is 1. The number of carbonyl (C=O) groups excluding carboxylic acids is 1. The number of amides is 1. The highest BCUT2D eigenvalue weighted by Gasteiger charge is 2.09. The molecule has 1 atom stereocenters. The number of halogens is 1. The second kappa shape index (κ2) is 7.02. The molecule has 1 aromatic carbocycles. The van der Waals surface area contributed by atoms with Crippen LogP contribution in [0.5, 0.6) is 5.75 Å². The van der Waals surface area contributed by atoms with Gasteiger partial charge in [-0.25, -0.2) is 0 Å². The molecule has 0 aromatic heterocycles. The first-order valence-corrected chi connectivity index (χ1v) is 6.48. The molecule has 5 heteroatoms. The van der Waals surface area contributed by atoms with E-state index in [4.69, 9.17) is 10.00 Å². The number of hydrogen-bond donors (Lipinski definition) is 1. The van der Waals surface area contributed by atoms with Crippen LogP contribution in [0.2, 0.25) is 0 Å². The van der Waals surface area contributed by atoms with E-state index in [2.05, 4.69) is 21.2 Å². The Hall–Kier alpha value is -1.54. The second-order valence-corrected chi connectivity index (χ2v) is 4.83. The van der Waals surface area contributed by atoms with Gasteiger partial charge in [-0.05, 0) is 31.5 Å². The number of rotatable bonds is 5. The molecule has 0 radical (unpaired) electrons. The molecule has 1 rings (SSSR count). The van der Waals surface area contributed by atoms with Gasteiger partial charge in [0, 0.05) is 10.5 Å². The predicted molar refractivity (Wildman–Crippen MR) is 72.2 cm³/mol. The van der Waals surface area contributed by atoms with Crippen LogP contribution < -0.4 is 10.1 Å². The summed E-state index contributed by atoms with van der Waals surface area (Å²) in [5.74, 6) is 0.233. The molecule has 0 aliphatic rings. The third-order valence-corrected chi connectivity index (χ3v) is 2.93. The molecule has 0 fully saturated rings. The maximum Gasteiger partial charge on any atom is 0.258 e. The van der Waals surface area contributed by atoms with E-state index in [1.807, 2.05) is 19.9 Å². The Balaban J connectivity index is 2.59. The van der Waals surface area contributed by atoms with Gasteiger partial charge in [-0.2, -0.15) is 5.26 Å². The first-order valence-electron chi connectivity index (χ1n) is 5.68. The van der Waals surface area contributed by atoms with Gasteiger partial charge < -0.3 is 10.1 Å². The zero-order valence-electron chi connectivity index (χ0n) is 10.4. The van der Waals surface area contributed by atoms with Crippen molar-refractivity contribution in [2.45, 2.75) is 26.3 Å². The van der Waals surface area contributed by atoms with Crippen molar-refractivity contribution in [3.8, 4) is 11.8 Å². The molecule has 0 saturated heterocycles. The fourth-order valence-electron chi connectivity index (χ4n) is 1.28. The van der Waals surface area contributed by atoms with Gasteiger partial charge >= 0.3 is 0 Å². The zero-order valence-corrected chi connectivity index (χ0v) is 12.0. The lowest BCUT2D eigenvalue weighted by Crippen LogP contribution is -2.35. The quantitative estimate of drug-likeness (QED) is 0.909. The van der Waals surface area contributed by atoms with Gasteiger partial charge in [-0.3, -0.25) is 4.79 Å². The van der Waals surface area contributed by atoms with Gasteiger partial charge in [-0.1, -0.05) is 22.9 Å². The van der Waals surface area contributed by atoms with E-state index in [1.54, 1.807) is 18.2 Å². The van der Waals surface area contributed by atoms with Crippen LogP contribution in [-0.4, -0.2) is 18.6 Å². The Morgan fingerprint density at radius 1 is 1.61 bits per heavy atom. The van der Waals surface area contributed by atoms with Gasteiger partial charge in [0.2, 0.25) is 0 Å². The average Bonchev–Trinajstić information content (AvgIpc) is 2.36. The minimum Gasteiger partial charge on any atom is -0.482 e. The van der Waals surface area contributed by atoms with E-state index in [0.717, 1.165) is 10.9 Å². The van der Waals surface area contributed by atoms with E-state index in [9.17, 15) is 4.79 Å². The molecule has 1 amide bonds. The Labute approximate surface area is 115 Å². The topological polar surface area (TPSA) is 62.1 Å². The first-order chi connectivity index (χ1) is 8.56. The number of nitrogens with one attached hydrogen (secondary N) is 1. The van der Waals surface area contributed by atoms with Crippen LogP contribution in [0.3, 0.4) is 0 Å². The van der Waals surface area contributed by atoms with Gasteiger partial charge in [0.15, 0.2) is 6.61 Å². The number of benzene rings is 1. The smallest absolute Gasteiger partial charge is 0.258 e. The van der Waals surface area contributed by atoms with Crippen molar-refractivity contribution in [3.05, 3.63) is 28.2 Å². The Morgan fingerprint density at radius 2 is 2.33 bits per heavy atom. The molecule has 0 bridgehead atoms. The number of hydrogen-bond acceptors (Lipinski definition) is 3. The maximum absolute atomic E-state index is 11.5. The fraction of sp³-hybridized carbons (Fsp3) is 0.385. The first kappa shape index (κ1) is 14.5. The normalized spacial score (nSPS) is 11.4. The molecular weight excluding hydrogens is 296 g/mol. The summed E-state index contributed by atoms with van der Waals surface area (Å²) in [5.41, 5.74) is 0.403. The highest BCUT2D eigenvalue weighted by molar-refractivity contribution is 9.10. The number of ether oxygens (including phenoxy) is 1. The van der Waals surface area contributed by atoms with Gasteiger partial charge in [0.05, 0.1) is 5.56 Å². The molecule has 0 saturated carbocycles. The summed E-state index contributed by atoms with van der Waals surface area (Å²) in [6.45, 7) is 3.84. The van der Waals surface area contributed by atoms with Crippen LogP contribution >= 0.6 is 15.9 Å².